The van der Waals surface area contributed by atoms with Crippen LogP contribution < -0.4 is 0 Å². The molecule has 0 saturated heterocycles. The SMILES string of the molecule is CC(OC(=O)CCl)c1nc([N+](=O)[O-])c(Sc2c(Cl)cncc2Cl)s1. The number of pyridine rings is 1. The molecule has 2 aromatic heterocycles. The summed E-state index contributed by atoms with van der Waals surface area (Å²) in [5, 5.41) is 12.0. The highest BCUT2D eigenvalue weighted by Crippen LogP contribution is 2.45. The van der Waals surface area contributed by atoms with Gasteiger partial charge in [0.05, 0.1) is 14.9 Å². The van der Waals surface area contributed by atoms with Crippen LogP contribution in [0.3, 0.4) is 0 Å². The third-order valence-corrected chi connectivity index (χ3v) is 6.07. The lowest BCUT2D eigenvalue weighted by Crippen LogP contribution is -2.09. The number of rotatable bonds is 6. The minimum Gasteiger partial charge on any atom is -0.452 e. The van der Waals surface area contributed by atoms with Crippen molar-refractivity contribution in [3.8, 4) is 0 Å². The van der Waals surface area contributed by atoms with Gasteiger partial charge in [-0.1, -0.05) is 46.3 Å². The number of hydrogen-bond acceptors (Lipinski definition) is 8. The van der Waals surface area contributed by atoms with Crippen LogP contribution in [-0.4, -0.2) is 26.7 Å². The fraction of sp³-hybridized carbons (Fsp3) is 0.250. The molecule has 0 saturated carbocycles. The van der Waals surface area contributed by atoms with Gasteiger partial charge >= 0.3 is 11.8 Å². The first-order valence-corrected chi connectivity index (χ1v) is 9.13. The van der Waals surface area contributed by atoms with Crippen molar-refractivity contribution in [3.63, 3.8) is 0 Å². The maximum absolute atomic E-state index is 11.2. The van der Waals surface area contributed by atoms with Gasteiger partial charge in [0, 0.05) is 12.4 Å². The molecule has 0 aliphatic rings. The van der Waals surface area contributed by atoms with Gasteiger partial charge in [0.2, 0.25) is 5.01 Å². The molecule has 0 N–H and O–H groups in total. The topological polar surface area (TPSA) is 95.2 Å². The van der Waals surface area contributed by atoms with Crippen LogP contribution in [0.2, 0.25) is 10.0 Å². The smallest absolute Gasteiger partial charge is 0.389 e. The van der Waals surface area contributed by atoms with Crippen molar-refractivity contribution in [2.24, 2.45) is 0 Å². The second-order valence-electron chi connectivity index (χ2n) is 4.22. The van der Waals surface area contributed by atoms with Gasteiger partial charge in [-0.15, -0.1) is 11.6 Å². The molecule has 2 aromatic rings. The maximum atomic E-state index is 11.2. The number of nitrogens with zero attached hydrogens (tertiary/aromatic N) is 3. The van der Waals surface area contributed by atoms with Crippen LogP contribution >= 0.6 is 57.9 Å². The van der Waals surface area contributed by atoms with Crippen molar-refractivity contribution in [1.29, 1.82) is 0 Å². The lowest BCUT2D eigenvalue weighted by atomic mass is 10.4. The van der Waals surface area contributed by atoms with Crippen molar-refractivity contribution in [2.45, 2.75) is 22.1 Å². The number of esters is 1. The zero-order chi connectivity index (χ0) is 17.9. The van der Waals surface area contributed by atoms with Gasteiger partial charge in [-0.25, -0.2) is 0 Å². The van der Waals surface area contributed by atoms with Crippen LogP contribution in [0.15, 0.2) is 21.5 Å². The van der Waals surface area contributed by atoms with Gasteiger partial charge in [0.1, 0.15) is 5.88 Å². The largest absolute Gasteiger partial charge is 0.452 e. The Kier molecular flexibility index (Phi) is 6.64. The highest BCUT2D eigenvalue weighted by molar-refractivity contribution is 8.01. The first kappa shape index (κ1) is 19.2. The Balaban J connectivity index is 2.36. The lowest BCUT2D eigenvalue weighted by Gasteiger charge is -2.05. The number of thiazole rings is 1. The zero-order valence-electron chi connectivity index (χ0n) is 11.9. The van der Waals surface area contributed by atoms with Gasteiger partial charge in [-0.3, -0.25) is 9.78 Å². The van der Waals surface area contributed by atoms with Gasteiger partial charge in [-0.2, -0.15) is 0 Å². The van der Waals surface area contributed by atoms with Crippen molar-refractivity contribution in [2.75, 3.05) is 5.88 Å². The Morgan fingerprint density at radius 1 is 1.46 bits per heavy atom. The fourth-order valence-electron chi connectivity index (χ4n) is 1.54. The zero-order valence-corrected chi connectivity index (χ0v) is 15.8. The number of carbonyl (C=O) groups is 1. The molecule has 1 atom stereocenters. The van der Waals surface area contributed by atoms with E-state index in [0.717, 1.165) is 23.1 Å². The van der Waals surface area contributed by atoms with E-state index in [4.69, 9.17) is 39.5 Å². The van der Waals surface area contributed by atoms with Crippen LogP contribution in [-0.2, 0) is 9.53 Å². The summed E-state index contributed by atoms with van der Waals surface area (Å²) in [6.45, 7) is 1.55. The summed E-state index contributed by atoms with van der Waals surface area (Å²) in [6, 6.07) is 0. The molecule has 2 heterocycles. The molecule has 7 nitrogen and oxygen atoms in total. The Labute approximate surface area is 159 Å². The number of carbonyl (C=O) groups excluding carboxylic acids is 1. The predicted octanol–water partition coefficient (Wildman–Crippen LogP) is 4.75. The van der Waals surface area contributed by atoms with E-state index in [-0.39, 0.29) is 31.0 Å². The molecule has 24 heavy (non-hydrogen) atoms. The summed E-state index contributed by atoms with van der Waals surface area (Å²) in [4.78, 5) is 30.0. The highest BCUT2D eigenvalue weighted by atomic mass is 35.5. The molecule has 12 heteroatoms. The summed E-state index contributed by atoms with van der Waals surface area (Å²) in [5.74, 6) is -1.32. The van der Waals surface area contributed by atoms with E-state index in [1.54, 1.807) is 6.92 Å². The monoisotopic (exact) mass is 427 g/mol. The van der Waals surface area contributed by atoms with E-state index in [1.807, 2.05) is 0 Å². The molecular weight excluding hydrogens is 421 g/mol. The molecule has 128 valence electrons. The Morgan fingerprint density at radius 3 is 2.62 bits per heavy atom. The first-order valence-electron chi connectivity index (χ1n) is 6.20. The summed E-state index contributed by atoms with van der Waals surface area (Å²) in [7, 11) is 0. The van der Waals surface area contributed by atoms with Crippen LogP contribution in [0.25, 0.3) is 0 Å². The third-order valence-electron chi connectivity index (χ3n) is 2.54. The van der Waals surface area contributed by atoms with Crippen molar-refractivity contribution in [3.05, 3.63) is 37.6 Å². The number of aromatic nitrogens is 2. The van der Waals surface area contributed by atoms with E-state index in [0.29, 0.717) is 4.90 Å². The van der Waals surface area contributed by atoms with E-state index < -0.39 is 17.0 Å². The molecule has 2 rings (SSSR count). The van der Waals surface area contributed by atoms with Crippen LogP contribution in [0.5, 0.6) is 0 Å². The lowest BCUT2D eigenvalue weighted by molar-refractivity contribution is -0.391. The van der Waals surface area contributed by atoms with E-state index in [1.165, 1.54) is 12.4 Å². The Hall–Kier alpha value is -1.13. The molecular formula is C12H8Cl3N3O4S2. The molecule has 1 unspecified atom stereocenters. The number of hydrogen-bond donors (Lipinski definition) is 0. The number of halogens is 3. The second kappa shape index (κ2) is 8.30. The summed E-state index contributed by atoms with van der Waals surface area (Å²) < 4.78 is 5.28. The van der Waals surface area contributed by atoms with Crippen LogP contribution in [0.1, 0.15) is 18.0 Å². The van der Waals surface area contributed by atoms with Crippen LogP contribution in [0, 0.1) is 10.1 Å². The van der Waals surface area contributed by atoms with Crippen molar-refractivity contribution >= 4 is 69.7 Å². The Bertz CT molecular complexity index is 767. The number of ether oxygens (including phenoxy) is 1. The van der Waals surface area contributed by atoms with Gasteiger partial charge in [0.25, 0.3) is 0 Å². The molecule has 0 aromatic carbocycles. The Morgan fingerprint density at radius 2 is 2.08 bits per heavy atom. The molecule has 0 fully saturated rings. The van der Waals surface area contributed by atoms with Crippen LogP contribution in [0.4, 0.5) is 5.82 Å². The van der Waals surface area contributed by atoms with E-state index >= 15 is 0 Å². The second-order valence-corrected chi connectivity index (χ2v) is 7.61. The normalized spacial score (nSPS) is 12.0. The van der Waals surface area contributed by atoms with E-state index in [2.05, 4.69) is 9.97 Å². The summed E-state index contributed by atoms with van der Waals surface area (Å²) in [6.07, 6.45) is 2.00. The minimum atomic E-state index is -0.766. The minimum absolute atomic E-state index is 0.262. The highest BCUT2D eigenvalue weighted by Gasteiger charge is 2.29. The average Bonchev–Trinajstić information content (AvgIpc) is 2.95. The van der Waals surface area contributed by atoms with Gasteiger partial charge in [-0.05, 0) is 16.8 Å². The number of alkyl halides is 1. The van der Waals surface area contributed by atoms with Crippen molar-refractivity contribution in [1.82, 2.24) is 9.97 Å². The fourth-order valence-corrected chi connectivity index (χ4v) is 4.31. The maximum Gasteiger partial charge on any atom is 0.389 e. The quantitative estimate of drug-likeness (QED) is 0.283. The molecule has 0 bridgehead atoms. The molecule has 0 aliphatic heterocycles. The molecule has 0 amide bonds. The summed E-state index contributed by atoms with van der Waals surface area (Å²) >= 11 is 19.5. The third kappa shape index (κ3) is 4.48. The van der Waals surface area contributed by atoms with Gasteiger partial charge in [0.15, 0.2) is 10.3 Å². The first-order chi connectivity index (χ1) is 11.3. The van der Waals surface area contributed by atoms with Gasteiger partial charge < -0.3 is 14.9 Å². The molecule has 0 aliphatic carbocycles. The summed E-state index contributed by atoms with van der Waals surface area (Å²) in [5.41, 5.74) is 0. The van der Waals surface area contributed by atoms with Crippen molar-refractivity contribution < 1.29 is 14.5 Å². The predicted molar refractivity (Wildman–Crippen MR) is 92.4 cm³/mol. The molecule has 0 radical (unpaired) electrons. The number of nitro groups is 1. The molecule has 0 spiro atoms. The van der Waals surface area contributed by atoms with E-state index in [9.17, 15) is 14.9 Å². The standard InChI is InChI=1S/C12H8Cl3N3O4S2/c1-5(22-8(19)2-13)11-17-10(18(20)21)12(24-11)23-9-6(14)3-16-4-7(9)15/h3-5H,2H2,1H3. The average molecular weight is 429 g/mol.